The van der Waals surface area contributed by atoms with Gasteiger partial charge in [-0.05, 0) is 23.8 Å². The quantitative estimate of drug-likeness (QED) is 0.923. The summed E-state index contributed by atoms with van der Waals surface area (Å²) in [6, 6.07) is 18.0. The second kappa shape index (κ2) is 5.64. The number of nitrogens with one attached hydrogen (secondary N) is 1. The molecule has 2 nitrogen and oxygen atoms in total. The van der Waals surface area contributed by atoms with E-state index in [9.17, 15) is 4.79 Å². The number of hydrogen-bond acceptors (Lipinski definition) is 1. The number of rotatable bonds is 3. The van der Waals surface area contributed by atoms with E-state index >= 15 is 0 Å². The molecule has 17 heavy (non-hydrogen) atoms. The minimum atomic E-state index is -0.116. The van der Waals surface area contributed by atoms with Crippen molar-refractivity contribution >= 4 is 21.8 Å². The first-order valence-electron chi connectivity index (χ1n) is 5.25. The van der Waals surface area contributed by atoms with Crippen molar-refractivity contribution in [2.75, 3.05) is 0 Å². The summed E-state index contributed by atoms with van der Waals surface area (Å²) in [6.07, 6.45) is 0. The summed E-state index contributed by atoms with van der Waals surface area (Å²) in [4.78, 5) is 11.8. The van der Waals surface area contributed by atoms with E-state index in [4.69, 9.17) is 0 Å². The van der Waals surface area contributed by atoms with E-state index in [0.29, 0.717) is 12.1 Å². The molecule has 1 radical (unpaired) electrons. The Morgan fingerprint density at radius 3 is 2.71 bits per heavy atom. The molecule has 0 saturated heterocycles. The summed E-state index contributed by atoms with van der Waals surface area (Å²) in [7, 11) is 0. The number of benzene rings is 2. The zero-order valence-corrected chi connectivity index (χ0v) is 10.7. The Hall–Kier alpha value is -1.61. The van der Waals surface area contributed by atoms with Gasteiger partial charge in [0.25, 0.3) is 5.91 Å². The third kappa shape index (κ3) is 3.43. The molecule has 0 aliphatic heterocycles. The van der Waals surface area contributed by atoms with Gasteiger partial charge in [-0.3, -0.25) is 4.79 Å². The summed E-state index contributed by atoms with van der Waals surface area (Å²) < 4.78 is 0.876. The minimum absolute atomic E-state index is 0.116. The predicted octanol–water partition coefficient (Wildman–Crippen LogP) is 3.18. The molecule has 2 aromatic carbocycles. The van der Waals surface area contributed by atoms with Crippen LogP contribution in [0, 0.1) is 6.07 Å². The Morgan fingerprint density at radius 1 is 1.24 bits per heavy atom. The van der Waals surface area contributed by atoms with Crippen LogP contribution in [0.15, 0.2) is 53.0 Å². The van der Waals surface area contributed by atoms with Crippen LogP contribution in [-0.2, 0) is 6.54 Å². The lowest BCUT2D eigenvalue weighted by Crippen LogP contribution is -2.22. The molecule has 0 saturated carbocycles. The van der Waals surface area contributed by atoms with E-state index in [-0.39, 0.29) is 5.91 Å². The lowest BCUT2D eigenvalue weighted by atomic mass is 10.2. The van der Waals surface area contributed by atoms with Crippen LogP contribution in [-0.4, -0.2) is 5.91 Å². The number of hydrogen-bond donors (Lipinski definition) is 1. The minimum Gasteiger partial charge on any atom is -0.348 e. The molecule has 0 unspecified atom stereocenters. The molecule has 0 atom stereocenters. The van der Waals surface area contributed by atoms with Crippen molar-refractivity contribution in [1.29, 1.82) is 0 Å². The maximum absolute atomic E-state index is 11.8. The van der Waals surface area contributed by atoms with Crippen molar-refractivity contribution in [1.82, 2.24) is 5.32 Å². The van der Waals surface area contributed by atoms with Crippen molar-refractivity contribution in [2.45, 2.75) is 6.54 Å². The molecule has 2 aromatic rings. The van der Waals surface area contributed by atoms with E-state index in [1.807, 2.05) is 36.4 Å². The number of carbonyl (C=O) groups is 1. The Balaban J connectivity index is 1.98. The number of halogens is 1. The average Bonchev–Trinajstić information content (AvgIpc) is 2.37. The third-order valence-corrected chi connectivity index (χ3v) is 2.80. The molecule has 1 N–H and O–H groups in total. The van der Waals surface area contributed by atoms with Gasteiger partial charge in [0, 0.05) is 16.6 Å². The van der Waals surface area contributed by atoms with E-state index in [2.05, 4.69) is 27.3 Å². The van der Waals surface area contributed by atoms with E-state index in [0.717, 1.165) is 10.0 Å². The predicted molar refractivity (Wildman–Crippen MR) is 70.6 cm³/mol. The molecule has 0 aliphatic rings. The molecular formula is C14H11BrNO. The average molecular weight is 289 g/mol. The molecule has 0 aliphatic carbocycles. The Kier molecular flexibility index (Phi) is 3.94. The van der Waals surface area contributed by atoms with Crippen LogP contribution in [0.1, 0.15) is 15.9 Å². The first kappa shape index (κ1) is 11.9. The second-order valence-electron chi connectivity index (χ2n) is 3.59. The monoisotopic (exact) mass is 288 g/mol. The summed E-state index contributed by atoms with van der Waals surface area (Å²) in [6.45, 7) is 0.528. The van der Waals surface area contributed by atoms with Crippen LogP contribution in [0.4, 0.5) is 0 Å². The molecule has 0 bridgehead atoms. The lowest BCUT2D eigenvalue weighted by Gasteiger charge is -2.05. The molecule has 3 heteroatoms. The fraction of sp³-hybridized carbons (Fsp3) is 0.0714. The Bertz CT molecular complexity index is 511. The van der Waals surface area contributed by atoms with Crippen molar-refractivity contribution < 1.29 is 4.79 Å². The highest BCUT2D eigenvalue weighted by molar-refractivity contribution is 9.10. The molecule has 0 fully saturated rings. The fourth-order valence-corrected chi connectivity index (χ4v) is 1.80. The smallest absolute Gasteiger partial charge is 0.252 e. The summed E-state index contributed by atoms with van der Waals surface area (Å²) in [5.74, 6) is -0.116. The van der Waals surface area contributed by atoms with Crippen LogP contribution >= 0.6 is 15.9 Å². The van der Waals surface area contributed by atoms with Crippen LogP contribution in [0.25, 0.3) is 0 Å². The highest BCUT2D eigenvalue weighted by Gasteiger charge is 2.05. The van der Waals surface area contributed by atoms with Gasteiger partial charge in [-0.1, -0.05) is 52.3 Å². The highest BCUT2D eigenvalue weighted by atomic mass is 79.9. The van der Waals surface area contributed by atoms with Crippen LogP contribution < -0.4 is 5.32 Å². The number of carbonyl (C=O) groups excluding carboxylic acids is 1. The van der Waals surface area contributed by atoms with E-state index in [1.165, 1.54) is 0 Å². The van der Waals surface area contributed by atoms with Gasteiger partial charge in [-0.2, -0.15) is 0 Å². The third-order valence-electron chi connectivity index (χ3n) is 2.30. The standard InChI is InChI=1S/C14H11BrNO/c15-13-8-4-7-12(9-13)14(17)16-10-11-5-2-1-3-6-11/h1-6,8-9H,10H2,(H,16,17). The maximum atomic E-state index is 11.8. The highest BCUT2D eigenvalue weighted by Crippen LogP contribution is 2.11. The van der Waals surface area contributed by atoms with Crippen LogP contribution in [0.3, 0.4) is 0 Å². The van der Waals surface area contributed by atoms with Gasteiger partial charge in [0.15, 0.2) is 0 Å². The molecule has 85 valence electrons. The Morgan fingerprint density at radius 2 is 2.00 bits per heavy atom. The van der Waals surface area contributed by atoms with Gasteiger partial charge >= 0.3 is 0 Å². The van der Waals surface area contributed by atoms with Gasteiger partial charge in [0.05, 0.1) is 0 Å². The SMILES string of the molecule is O=C(NCc1ccccc1)c1[c]ccc(Br)c1. The molecule has 2 rings (SSSR count). The topological polar surface area (TPSA) is 29.1 Å². The largest absolute Gasteiger partial charge is 0.348 e. The van der Waals surface area contributed by atoms with Gasteiger partial charge in [-0.25, -0.2) is 0 Å². The van der Waals surface area contributed by atoms with E-state index < -0.39 is 0 Å². The molecular weight excluding hydrogens is 278 g/mol. The first-order chi connectivity index (χ1) is 8.25. The normalized spacial score (nSPS) is 9.94. The van der Waals surface area contributed by atoms with Gasteiger partial charge in [0.1, 0.15) is 0 Å². The molecule has 1 amide bonds. The number of amides is 1. The van der Waals surface area contributed by atoms with E-state index in [1.54, 1.807) is 12.1 Å². The van der Waals surface area contributed by atoms with Gasteiger partial charge in [-0.15, -0.1) is 0 Å². The van der Waals surface area contributed by atoms with Gasteiger partial charge in [0.2, 0.25) is 0 Å². The van der Waals surface area contributed by atoms with Crippen molar-refractivity contribution in [3.05, 3.63) is 70.2 Å². The first-order valence-corrected chi connectivity index (χ1v) is 6.04. The van der Waals surface area contributed by atoms with Crippen LogP contribution in [0.2, 0.25) is 0 Å². The van der Waals surface area contributed by atoms with Crippen molar-refractivity contribution in [3.63, 3.8) is 0 Å². The summed E-state index contributed by atoms with van der Waals surface area (Å²) in [5.41, 5.74) is 1.62. The zero-order valence-electron chi connectivity index (χ0n) is 9.11. The van der Waals surface area contributed by atoms with Crippen molar-refractivity contribution in [2.24, 2.45) is 0 Å². The molecule has 0 spiro atoms. The molecule has 0 heterocycles. The van der Waals surface area contributed by atoms with Crippen molar-refractivity contribution in [3.8, 4) is 0 Å². The fourth-order valence-electron chi connectivity index (χ4n) is 1.44. The van der Waals surface area contributed by atoms with Gasteiger partial charge < -0.3 is 5.32 Å². The summed E-state index contributed by atoms with van der Waals surface area (Å²) >= 11 is 3.33. The zero-order chi connectivity index (χ0) is 12.1. The van der Waals surface area contributed by atoms with Crippen LogP contribution in [0.5, 0.6) is 0 Å². The molecule has 0 aromatic heterocycles. The second-order valence-corrected chi connectivity index (χ2v) is 4.50. The lowest BCUT2D eigenvalue weighted by molar-refractivity contribution is 0.0950. The maximum Gasteiger partial charge on any atom is 0.252 e. The Labute approximate surface area is 109 Å². The summed E-state index contributed by atoms with van der Waals surface area (Å²) in [5, 5.41) is 2.85.